The van der Waals surface area contributed by atoms with Crippen LogP contribution in [0.3, 0.4) is 0 Å². The Kier molecular flexibility index (Phi) is 7.30. The van der Waals surface area contributed by atoms with Crippen LogP contribution in [-0.4, -0.2) is 58.0 Å². The normalized spacial score (nSPS) is 21.2. The second-order valence-corrected chi connectivity index (χ2v) is 9.26. The molecule has 3 atom stereocenters. The minimum absolute atomic E-state index is 0.00344. The average molecular weight is 505 g/mol. The molecule has 1 fully saturated rings. The zero-order chi connectivity index (χ0) is 26.1. The first kappa shape index (κ1) is 25.6. The summed E-state index contributed by atoms with van der Waals surface area (Å²) < 4.78 is 34.5. The number of rotatable bonds is 7. The summed E-state index contributed by atoms with van der Waals surface area (Å²) >= 11 is 0. The predicted octanol–water partition coefficient (Wildman–Crippen LogP) is 2.13. The highest BCUT2D eigenvalue weighted by atomic mass is 19.1. The van der Waals surface area contributed by atoms with Crippen LogP contribution in [0.25, 0.3) is 0 Å². The van der Waals surface area contributed by atoms with Crippen LogP contribution in [0, 0.1) is 11.6 Å². The van der Waals surface area contributed by atoms with Gasteiger partial charge >= 0.3 is 0 Å². The Hall–Kier alpha value is -3.47. The summed E-state index contributed by atoms with van der Waals surface area (Å²) in [6.07, 6.45) is 2.31. The first-order valence-corrected chi connectivity index (χ1v) is 12.0. The van der Waals surface area contributed by atoms with E-state index < -0.39 is 41.0 Å². The SMILES string of the molecule is CCCCOc1c2n(cc(C(=O)NCc3ccc(F)cc3F)c1=O)N1CN(C2=O)[C@@H](C)[C@H](O)C[C@@H]1C. The number of carbonyl (C=O) groups is 2. The van der Waals surface area contributed by atoms with Crippen LogP contribution >= 0.6 is 0 Å². The number of halogens is 2. The Morgan fingerprint density at radius 3 is 2.69 bits per heavy atom. The topological polar surface area (TPSA) is 104 Å². The van der Waals surface area contributed by atoms with Crippen molar-refractivity contribution >= 4 is 11.8 Å². The fourth-order valence-corrected chi connectivity index (χ4v) is 4.49. The van der Waals surface area contributed by atoms with E-state index in [9.17, 15) is 28.3 Å². The molecular weight excluding hydrogens is 474 g/mol. The van der Waals surface area contributed by atoms with Gasteiger partial charge < -0.3 is 20.1 Å². The highest BCUT2D eigenvalue weighted by Gasteiger charge is 2.43. The highest BCUT2D eigenvalue weighted by Crippen LogP contribution is 2.29. The van der Waals surface area contributed by atoms with E-state index >= 15 is 0 Å². The van der Waals surface area contributed by atoms with Gasteiger partial charge in [-0.1, -0.05) is 19.4 Å². The Morgan fingerprint density at radius 1 is 1.25 bits per heavy atom. The molecule has 3 heterocycles. The van der Waals surface area contributed by atoms with Crippen LogP contribution in [0.5, 0.6) is 5.75 Å². The van der Waals surface area contributed by atoms with Gasteiger partial charge in [0.15, 0.2) is 11.4 Å². The molecule has 9 nitrogen and oxygen atoms in total. The number of pyridine rings is 1. The van der Waals surface area contributed by atoms with Gasteiger partial charge in [0.1, 0.15) is 23.9 Å². The molecule has 1 aromatic heterocycles. The van der Waals surface area contributed by atoms with Gasteiger partial charge in [0.05, 0.1) is 18.8 Å². The van der Waals surface area contributed by atoms with Crippen LogP contribution < -0.4 is 20.5 Å². The number of aliphatic hydroxyl groups excluding tert-OH is 1. The number of fused-ring (bicyclic) bond motifs is 4. The molecule has 2 aromatic rings. The quantitative estimate of drug-likeness (QED) is 0.560. The molecule has 0 saturated carbocycles. The summed E-state index contributed by atoms with van der Waals surface area (Å²) in [7, 11) is 0. The van der Waals surface area contributed by atoms with Gasteiger partial charge in [0, 0.05) is 30.4 Å². The minimum Gasteiger partial charge on any atom is -0.487 e. The molecule has 0 aliphatic carbocycles. The summed E-state index contributed by atoms with van der Waals surface area (Å²) in [6, 6.07) is 2.29. The summed E-state index contributed by atoms with van der Waals surface area (Å²) in [6.45, 7) is 5.64. The van der Waals surface area contributed by atoms with E-state index in [1.165, 1.54) is 21.8 Å². The van der Waals surface area contributed by atoms with E-state index in [0.29, 0.717) is 18.9 Å². The molecule has 2 amide bonds. The van der Waals surface area contributed by atoms with Gasteiger partial charge in [-0.15, -0.1) is 0 Å². The molecule has 0 radical (unpaired) electrons. The second kappa shape index (κ2) is 10.3. The van der Waals surface area contributed by atoms with E-state index in [-0.39, 0.29) is 48.4 Å². The lowest BCUT2D eigenvalue weighted by molar-refractivity contribution is 0.0408. The molecule has 194 valence electrons. The van der Waals surface area contributed by atoms with Crippen LogP contribution in [0.4, 0.5) is 8.78 Å². The first-order chi connectivity index (χ1) is 17.1. The van der Waals surface area contributed by atoms with Gasteiger partial charge in [0.25, 0.3) is 11.8 Å². The predicted molar refractivity (Wildman–Crippen MR) is 127 cm³/mol. The van der Waals surface area contributed by atoms with Crippen molar-refractivity contribution in [2.24, 2.45) is 0 Å². The van der Waals surface area contributed by atoms with Gasteiger partial charge in [-0.25, -0.2) is 8.78 Å². The third kappa shape index (κ3) is 4.67. The lowest BCUT2D eigenvalue weighted by atomic mass is 10.1. The van der Waals surface area contributed by atoms with E-state index in [1.54, 1.807) is 11.9 Å². The molecule has 2 bridgehead atoms. The Bertz CT molecular complexity index is 1230. The third-order valence-electron chi connectivity index (χ3n) is 6.77. The molecular formula is C25H30F2N4O5. The highest BCUT2D eigenvalue weighted by molar-refractivity contribution is 5.99. The van der Waals surface area contributed by atoms with Crippen LogP contribution in [0.15, 0.2) is 29.2 Å². The molecule has 11 heteroatoms. The number of nitrogens with zero attached hydrogens (tertiary/aromatic N) is 3. The van der Waals surface area contributed by atoms with Crippen molar-refractivity contribution < 1.29 is 28.2 Å². The van der Waals surface area contributed by atoms with Crippen LogP contribution in [0.2, 0.25) is 0 Å². The summed E-state index contributed by atoms with van der Waals surface area (Å²) in [5, 5.41) is 14.9. The number of nitrogens with one attached hydrogen (secondary N) is 1. The number of hydrogen-bond donors (Lipinski definition) is 2. The average Bonchev–Trinajstić information content (AvgIpc) is 2.93. The Morgan fingerprint density at radius 2 is 2.00 bits per heavy atom. The number of benzene rings is 1. The molecule has 1 saturated heterocycles. The zero-order valence-electron chi connectivity index (χ0n) is 20.5. The molecule has 2 N–H and O–H groups in total. The number of aliphatic hydroxyl groups is 1. The third-order valence-corrected chi connectivity index (χ3v) is 6.77. The smallest absolute Gasteiger partial charge is 0.278 e. The van der Waals surface area contributed by atoms with Gasteiger partial charge in [-0.05, 0) is 32.8 Å². The van der Waals surface area contributed by atoms with Crippen molar-refractivity contribution in [3.8, 4) is 5.75 Å². The van der Waals surface area contributed by atoms with E-state index in [0.717, 1.165) is 12.5 Å². The molecule has 2 aliphatic heterocycles. The van der Waals surface area contributed by atoms with Gasteiger partial charge in [0.2, 0.25) is 5.43 Å². The molecule has 4 rings (SSSR count). The lowest BCUT2D eigenvalue weighted by Crippen LogP contribution is -2.58. The number of amides is 2. The standard InChI is InChI=1S/C25H30F2N4O5/c1-4-5-8-36-23-21-25(35)29-13-31(14(2)9-20(32)15(29)3)30(21)12-18(22(23)33)24(34)28-11-16-6-7-17(26)10-19(16)27/h6-7,10,12,14-15,20,32H,4-5,8-9,11,13H2,1-3H3,(H,28,34)/t14-,15-,20+/m0/s1. The number of ether oxygens (including phenoxy) is 1. The van der Waals surface area contributed by atoms with Crippen molar-refractivity contribution in [1.82, 2.24) is 14.9 Å². The first-order valence-electron chi connectivity index (χ1n) is 12.0. The van der Waals surface area contributed by atoms with Gasteiger partial charge in [-0.2, -0.15) is 0 Å². The second-order valence-electron chi connectivity index (χ2n) is 9.26. The number of hydrogen-bond acceptors (Lipinski definition) is 6. The van der Waals surface area contributed by atoms with Crippen LogP contribution in [0.1, 0.15) is 66.4 Å². The maximum atomic E-state index is 14.0. The van der Waals surface area contributed by atoms with E-state index in [4.69, 9.17) is 4.74 Å². The molecule has 36 heavy (non-hydrogen) atoms. The summed E-state index contributed by atoms with van der Waals surface area (Å²) in [5.74, 6) is -3.06. The fourth-order valence-electron chi connectivity index (χ4n) is 4.49. The largest absolute Gasteiger partial charge is 0.487 e. The minimum atomic E-state index is -0.821. The number of aromatic nitrogens is 1. The molecule has 0 spiro atoms. The number of unbranched alkanes of at least 4 members (excludes halogenated alkanes) is 1. The van der Waals surface area contributed by atoms with E-state index in [1.807, 2.05) is 13.8 Å². The Labute approximate surface area is 207 Å². The molecule has 1 aromatic carbocycles. The summed E-state index contributed by atoms with van der Waals surface area (Å²) in [4.78, 5) is 41.5. The van der Waals surface area contributed by atoms with Gasteiger partial charge in [-0.3, -0.25) is 24.1 Å². The van der Waals surface area contributed by atoms with Crippen molar-refractivity contribution in [3.63, 3.8) is 0 Å². The molecule has 2 aliphatic rings. The number of carbonyl (C=O) groups excluding carboxylic acids is 2. The summed E-state index contributed by atoms with van der Waals surface area (Å²) in [5.41, 5.74) is -0.989. The van der Waals surface area contributed by atoms with Crippen LogP contribution in [-0.2, 0) is 6.54 Å². The van der Waals surface area contributed by atoms with Crippen molar-refractivity contribution in [2.45, 2.75) is 64.8 Å². The monoisotopic (exact) mass is 504 g/mol. The van der Waals surface area contributed by atoms with E-state index in [2.05, 4.69) is 5.32 Å². The fraction of sp³-hybridized carbons (Fsp3) is 0.480. The Balaban J connectivity index is 1.76. The van der Waals surface area contributed by atoms with Crippen molar-refractivity contribution in [3.05, 3.63) is 63.1 Å². The zero-order valence-corrected chi connectivity index (χ0v) is 20.5. The molecule has 0 unspecified atom stereocenters. The maximum absolute atomic E-state index is 14.0. The van der Waals surface area contributed by atoms with Crippen molar-refractivity contribution in [1.29, 1.82) is 0 Å². The maximum Gasteiger partial charge on any atom is 0.278 e. The van der Waals surface area contributed by atoms with Crippen molar-refractivity contribution in [2.75, 3.05) is 18.3 Å². The lowest BCUT2D eigenvalue weighted by Gasteiger charge is -2.42.